The minimum Gasteiger partial charge on any atom is -0.331 e. The maximum absolute atomic E-state index is 11.5. The van der Waals surface area contributed by atoms with E-state index in [0.717, 1.165) is 32.5 Å². The van der Waals surface area contributed by atoms with E-state index in [1.165, 1.54) is 0 Å². The van der Waals surface area contributed by atoms with Crippen LogP contribution in [0.15, 0.2) is 0 Å². The molecule has 0 aromatic carbocycles. The molecule has 1 fully saturated rings. The summed E-state index contributed by atoms with van der Waals surface area (Å²) in [6.45, 7) is 2.47. The van der Waals surface area contributed by atoms with Crippen LogP contribution in [0.2, 0.25) is 0 Å². The van der Waals surface area contributed by atoms with Crippen molar-refractivity contribution in [2.24, 2.45) is 11.7 Å². The number of nitrogens with two attached hydrogens (primary N) is 1. The third-order valence-electron chi connectivity index (χ3n) is 2.60. The van der Waals surface area contributed by atoms with Crippen molar-refractivity contribution in [1.82, 2.24) is 9.80 Å². The van der Waals surface area contributed by atoms with Gasteiger partial charge in [0.25, 0.3) is 0 Å². The molecule has 0 radical (unpaired) electrons. The van der Waals surface area contributed by atoms with Crippen LogP contribution in [0.5, 0.6) is 0 Å². The molecule has 0 unspecified atom stereocenters. The predicted molar refractivity (Wildman–Crippen MR) is 52.4 cm³/mol. The Balaban J connectivity index is 2.36. The van der Waals surface area contributed by atoms with Gasteiger partial charge >= 0.3 is 6.03 Å². The van der Waals surface area contributed by atoms with Crippen molar-refractivity contribution in [2.45, 2.75) is 12.8 Å². The van der Waals surface area contributed by atoms with Crippen LogP contribution < -0.4 is 5.73 Å². The quantitative estimate of drug-likeness (QED) is 0.640. The van der Waals surface area contributed by atoms with E-state index in [2.05, 4.69) is 0 Å². The molecule has 0 atom stereocenters. The molecule has 1 aliphatic heterocycles. The summed E-state index contributed by atoms with van der Waals surface area (Å²) in [5, 5.41) is 0. The first kappa shape index (κ1) is 10.3. The molecule has 0 aromatic rings. The van der Waals surface area contributed by atoms with Crippen LogP contribution in [0.3, 0.4) is 0 Å². The SMILES string of the molecule is CN(C)C(=O)N1CCC(CN)CC1. The second kappa shape index (κ2) is 4.46. The molecule has 1 heterocycles. The van der Waals surface area contributed by atoms with Gasteiger partial charge in [-0.05, 0) is 25.3 Å². The standard InChI is InChI=1S/C9H19N3O/c1-11(2)9(13)12-5-3-8(7-10)4-6-12/h8H,3-7,10H2,1-2H3. The molecule has 0 spiro atoms. The average Bonchev–Trinajstić information content (AvgIpc) is 2.17. The number of nitrogens with zero attached hydrogens (tertiary/aromatic N) is 2. The highest BCUT2D eigenvalue weighted by Crippen LogP contribution is 2.16. The molecule has 4 nitrogen and oxygen atoms in total. The summed E-state index contributed by atoms with van der Waals surface area (Å²) in [5.74, 6) is 0.617. The summed E-state index contributed by atoms with van der Waals surface area (Å²) in [7, 11) is 3.58. The summed E-state index contributed by atoms with van der Waals surface area (Å²) in [4.78, 5) is 15.0. The zero-order chi connectivity index (χ0) is 9.84. The second-order valence-electron chi connectivity index (χ2n) is 3.84. The zero-order valence-corrected chi connectivity index (χ0v) is 8.49. The van der Waals surface area contributed by atoms with Crippen LogP contribution in [-0.2, 0) is 0 Å². The van der Waals surface area contributed by atoms with E-state index in [4.69, 9.17) is 5.73 Å². The van der Waals surface area contributed by atoms with Crippen LogP contribution in [0, 0.1) is 5.92 Å². The van der Waals surface area contributed by atoms with Crippen LogP contribution >= 0.6 is 0 Å². The first-order valence-electron chi connectivity index (χ1n) is 4.81. The normalized spacial score (nSPS) is 18.8. The van der Waals surface area contributed by atoms with Crippen molar-refractivity contribution < 1.29 is 4.79 Å². The van der Waals surface area contributed by atoms with Crippen molar-refractivity contribution in [1.29, 1.82) is 0 Å². The van der Waals surface area contributed by atoms with E-state index in [1.54, 1.807) is 19.0 Å². The smallest absolute Gasteiger partial charge is 0.319 e. The van der Waals surface area contributed by atoms with Gasteiger partial charge in [-0.1, -0.05) is 0 Å². The van der Waals surface area contributed by atoms with Gasteiger partial charge < -0.3 is 15.5 Å². The molecule has 13 heavy (non-hydrogen) atoms. The molecule has 0 aliphatic carbocycles. The second-order valence-corrected chi connectivity index (χ2v) is 3.84. The van der Waals surface area contributed by atoms with E-state index in [-0.39, 0.29) is 6.03 Å². The van der Waals surface area contributed by atoms with E-state index in [1.807, 2.05) is 4.90 Å². The third kappa shape index (κ3) is 2.59. The van der Waals surface area contributed by atoms with Gasteiger partial charge in [-0.2, -0.15) is 0 Å². The number of piperidine rings is 1. The number of carbonyl (C=O) groups excluding carboxylic acids is 1. The maximum Gasteiger partial charge on any atom is 0.319 e. The van der Waals surface area contributed by atoms with Crippen LogP contribution in [0.4, 0.5) is 4.79 Å². The predicted octanol–water partition coefficient (Wildman–Crippen LogP) is 0.339. The number of carbonyl (C=O) groups is 1. The lowest BCUT2D eigenvalue weighted by Crippen LogP contribution is -2.44. The number of rotatable bonds is 1. The Kier molecular flexibility index (Phi) is 3.54. The van der Waals surface area contributed by atoms with Crippen molar-refractivity contribution in [3.05, 3.63) is 0 Å². The minimum atomic E-state index is 0.121. The van der Waals surface area contributed by atoms with Gasteiger partial charge in [0.15, 0.2) is 0 Å². The molecule has 0 aromatic heterocycles. The fourth-order valence-corrected chi connectivity index (χ4v) is 1.64. The lowest BCUT2D eigenvalue weighted by molar-refractivity contribution is 0.148. The topological polar surface area (TPSA) is 49.6 Å². The Morgan fingerprint density at radius 3 is 2.38 bits per heavy atom. The first-order valence-corrected chi connectivity index (χ1v) is 4.81. The van der Waals surface area contributed by atoms with Crippen LogP contribution in [-0.4, -0.2) is 49.6 Å². The Morgan fingerprint density at radius 2 is 2.00 bits per heavy atom. The Labute approximate surface area is 79.7 Å². The highest BCUT2D eigenvalue weighted by Gasteiger charge is 2.22. The first-order chi connectivity index (χ1) is 6.15. The van der Waals surface area contributed by atoms with E-state index in [9.17, 15) is 4.79 Å². The summed E-state index contributed by atoms with van der Waals surface area (Å²) in [6.07, 6.45) is 2.10. The van der Waals surface area contributed by atoms with Crippen molar-refractivity contribution in [3.8, 4) is 0 Å². The van der Waals surface area contributed by atoms with E-state index in [0.29, 0.717) is 5.92 Å². The molecule has 1 aliphatic rings. The summed E-state index contributed by atoms with van der Waals surface area (Å²) in [5.41, 5.74) is 5.57. The van der Waals surface area contributed by atoms with Crippen molar-refractivity contribution in [2.75, 3.05) is 33.7 Å². The number of urea groups is 1. The molecule has 0 saturated carbocycles. The lowest BCUT2D eigenvalue weighted by atomic mass is 9.97. The monoisotopic (exact) mass is 185 g/mol. The summed E-state index contributed by atoms with van der Waals surface area (Å²) < 4.78 is 0. The van der Waals surface area contributed by atoms with Crippen LogP contribution in [0.25, 0.3) is 0 Å². The molecule has 2 amide bonds. The van der Waals surface area contributed by atoms with Gasteiger partial charge in [-0.3, -0.25) is 0 Å². The van der Waals surface area contributed by atoms with Gasteiger partial charge in [-0.15, -0.1) is 0 Å². The fourth-order valence-electron chi connectivity index (χ4n) is 1.64. The molecule has 76 valence electrons. The molecule has 4 heteroatoms. The molecule has 1 saturated heterocycles. The van der Waals surface area contributed by atoms with E-state index < -0.39 is 0 Å². The Morgan fingerprint density at radius 1 is 1.46 bits per heavy atom. The number of amides is 2. The lowest BCUT2D eigenvalue weighted by Gasteiger charge is -2.33. The van der Waals surface area contributed by atoms with Gasteiger partial charge in [0.05, 0.1) is 0 Å². The Bertz CT molecular complexity index is 174. The average molecular weight is 185 g/mol. The zero-order valence-electron chi connectivity index (χ0n) is 8.49. The summed E-state index contributed by atoms with van der Waals surface area (Å²) >= 11 is 0. The molecule has 1 rings (SSSR count). The highest BCUT2D eigenvalue weighted by molar-refractivity contribution is 5.73. The molecular weight excluding hydrogens is 166 g/mol. The molecule has 0 bridgehead atoms. The van der Waals surface area contributed by atoms with Gasteiger partial charge in [0.2, 0.25) is 0 Å². The number of hydrogen-bond acceptors (Lipinski definition) is 2. The van der Waals surface area contributed by atoms with Crippen LogP contribution in [0.1, 0.15) is 12.8 Å². The van der Waals surface area contributed by atoms with Crippen molar-refractivity contribution in [3.63, 3.8) is 0 Å². The maximum atomic E-state index is 11.5. The molecular formula is C9H19N3O. The fraction of sp³-hybridized carbons (Fsp3) is 0.889. The van der Waals surface area contributed by atoms with E-state index >= 15 is 0 Å². The molecule has 2 N–H and O–H groups in total. The third-order valence-corrected chi connectivity index (χ3v) is 2.60. The Hall–Kier alpha value is -0.770. The van der Waals surface area contributed by atoms with Gasteiger partial charge in [0, 0.05) is 27.2 Å². The largest absolute Gasteiger partial charge is 0.331 e. The number of hydrogen-bond donors (Lipinski definition) is 1. The van der Waals surface area contributed by atoms with Gasteiger partial charge in [0.1, 0.15) is 0 Å². The van der Waals surface area contributed by atoms with Gasteiger partial charge in [-0.25, -0.2) is 4.79 Å². The summed E-state index contributed by atoms with van der Waals surface area (Å²) in [6, 6.07) is 0.121. The van der Waals surface area contributed by atoms with Crippen molar-refractivity contribution >= 4 is 6.03 Å². The number of likely N-dealkylation sites (tertiary alicyclic amines) is 1. The minimum absolute atomic E-state index is 0.121. The highest BCUT2D eigenvalue weighted by atomic mass is 16.2.